The summed E-state index contributed by atoms with van der Waals surface area (Å²) in [7, 11) is 0. The lowest BCUT2D eigenvalue weighted by Crippen LogP contribution is -2.25. The molecule has 0 bridgehead atoms. The number of anilines is 2. The summed E-state index contributed by atoms with van der Waals surface area (Å²) in [5.74, 6) is 0.656. The summed E-state index contributed by atoms with van der Waals surface area (Å²) in [5, 5.41) is 19.3. The van der Waals surface area contributed by atoms with Crippen LogP contribution in [-0.2, 0) is 13.0 Å². The number of aryl methyl sites for hydroxylation is 2. The van der Waals surface area contributed by atoms with Crippen LogP contribution in [0.3, 0.4) is 0 Å². The van der Waals surface area contributed by atoms with Crippen molar-refractivity contribution in [1.82, 2.24) is 15.0 Å². The molecule has 27 heavy (non-hydrogen) atoms. The lowest BCUT2D eigenvalue weighted by molar-refractivity contribution is 0.270. The highest BCUT2D eigenvalue weighted by Crippen LogP contribution is 2.40. The maximum Gasteiger partial charge on any atom is 0.223 e. The van der Waals surface area contributed by atoms with Crippen LogP contribution in [0.15, 0.2) is 0 Å². The van der Waals surface area contributed by atoms with Gasteiger partial charge in [0, 0.05) is 42.6 Å². The fraction of sp³-hybridized carbons (Fsp3) is 0.526. The van der Waals surface area contributed by atoms with Crippen LogP contribution in [0, 0.1) is 20.8 Å². The van der Waals surface area contributed by atoms with Gasteiger partial charge in [-0.1, -0.05) is 11.6 Å². The molecule has 0 spiro atoms. The van der Waals surface area contributed by atoms with Crippen LogP contribution >= 0.6 is 11.6 Å². The number of hydrogen-bond acceptors (Lipinski definition) is 7. The number of nitrogen functional groups attached to an aromatic ring is 1. The molecule has 8 heteroatoms. The second-order valence-electron chi connectivity index (χ2n) is 7.07. The fourth-order valence-electron chi connectivity index (χ4n) is 3.69. The first-order valence-electron chi connectivity index (χ1n) is 9.12. The van der Waals surface area contributed by atoms with Crippen molar-refractivity contribution < 1.29 is 10.2 Å². The van der Waals surface area contributed by atoms with E-state index < -0.39 is 0 Å². The first-order valence-corrected chi connectivity index (χ1v) is 9.50. The number of aliphatic hydroxyl groups is 2. The topological polar surface area (TPSA) is 108 Å². The number of hydrogen-bond donors (Lipinski definition) is 3. The third-order valence-electron chi connectivity index (χ3n) is 5.39. The summed E-state index contributed by atoms with van der Waals surface area (Å²) in [6.45, 7) is 7.47. The van der Waals surface area contributed by atoms with E-state index in [1.165, 1.54) is 5.56 Å². The Balaban J connectivity index is 2.03. The molecule has 0 saturated carbocycles. The number of pyridine rings is 1. The number of fused-ring (bicyclic) bond motifs is 1. The Morgan fingerprint density at radius 1 is 1.15 bits per heavy atom. The standard InChI is InChI=1S/C19H26ClN5O2/c1-10-11(2)14(15(5-4-6-26)22-12(10)3)8-25-7-13(9-27)16-17(20)23-19(21)24-18(16)25/h13,26-27H,4-9H2,1-3H3,(H2,21,23,24). The maximum absolute atomic E-state index is 9.78. The molecule has 3 heterocycles. The minimum Gasteiger partial charge on any atom is -0.396 e. The van der Waals surface area contributed by atoms with E-state index in [1.807, 2.05) is 6.92 Å². The van der Waals surface area contributed by atoms with Crippen molar-refractivity contribution in [3.63, 3.8) is 0 Å². The predicted molar refractivity (Wildman–Crippen MR) is 106 cm³/mol. The van der Waals surface area contributed by atoms with Crippen molar-refractivity contribution in [2.75, 3.05) is 30.4 Å². The van der Waals surface area contributed by atoms with Crippen LogP contribution in [0.2, 0.25) is 5.15 Å². The Bertz CT molecular complexity index is 859. The molecule has 0 saturated heterocycles. The van der Waals surface area contributed by atoms with Crippen molar-refractivity contribution >= 4 is 23.4 Å². The fourth-order valence-corrected chi connectivity index (χ4v) is 4.02. The van der Waals surface area contributed by atoms with Gasteiger partial charge < -0.3 is 20.8 Å². The summed E-state index contributed by atoms with van der Waals surface area (Å²) in [6, 6.07) is 0. The highest BCUT2D eigenvalue weighted by atomic mass is 35.5. The molecule has 0 amide bonds. The van der Waals surface area contributed by atoms with E-state index in [0.29, 0.717) is 36.9 Å². The zero-order valence-corrected chi connectivity index (χ0v) is 16.7. The van der Waals surface area contributed by atoms with E-state index in [0.717, 1.165) is 28.1 Å². The molecule has 2 aromatic heterocycles. The van der Waals surface area contributed by atoms with E-state index in [2.05, 4.69) is 28.7 Å². The average Bonchev–Trinajstić information content (AvgIpc) is 2.98. The van der Waals surface area contributed by atoms with Crippen LogP contribution < -0.4 is 10.6 Å². The summed E-state index contributed by atoms with van der Waals surface area (Å²) < 4.78 is 0. The molecule has 3 rings (SSSR count). The Labute approximate surface area is 164 Å². The first kappa shape index (κ1) is 19.8. The Morgan fingerprint density at radius 2 is 1.89 bits per heavy atom. The van der Waals surface area contributed by atoms with Gasteiger partial charge >= 0.3 is 0 Å². The van der Waals surface area contributed by atoms with Gasteiger partial charge in [-0.05, 0) is 50.3 Å². The molecule has 0 radical (unpaired) electrons. The van der Waals surface area contributed by atoms with Crippen molar-refractivity contribution in [2.24, 2.45) is 0 Å². The second kappa shape index (κ2) is 7.96. The molecule has 0 aliphatic carbocycles. The molecule has 2 aromatic rings. The lowest BCUT2D eigenvalue weighted by Gasteiger charge is -2.23. The lowest BCUT2D eigenvalue weighted by atomic mass is 9.98. The van der Waals surface area contributed by atoms with E-state index >= 15 is 0 Å². The Morgan fingerprint density at radius 3 is 2.56 bits per heavy atom. The van der Waals surface area contributed by atoms with E-state index in [1.54, 1.807) is 0 Å². The van der Waals surface area contributed by atoms with E-state index in [9.17, 15) is 10.2 Å². The number of rotatable bonds is 6. The van der Waals surface area contributed by atoms with Gasteiger partial charge in [0.15, 0.2) is 0 Å². The maximum atomic E-state index is 9.78. The van der Waals surface area contributed by atoms with Crippen molar-refractivity contribution in [3.8, 4) is 0 Å². The SMILES string of the molecule is Cc1nc(CCCO)c(CN2CC(CO)c3c(Cl)nc(N)nc32)c(C)c1C. The zero-order valence-electron chi connectivity index (χ0n) is 16.0. The summed E-state index contributed by atoms with van der Waals surface area (Å²) in [6.07, 6.45) is 1.38. The van der Waals surface area contributed by atoms with Gasteiger partial charge in [-0.3, -0.25) is 4.98 Å². The quantitative estimate of drug-likeness (QED) is 0.646. The Kier molecular flexibility index (Phi) is 5.83. The molecule has 0 fully saturated rings. The third-order valence-corrected chi connectivity index (χ3v) is 5.68. The molecule has 0 aromatic carbocycles. The van der Waals surface area contributed by atoms with Gasteiger partial charge in [0.25, 0.3) is 0 Å². The van der Waals surface area contributed by atoms with Crippen LogP contribution in [0.1, 0.15) is 46.0 Å². The third kappa shape index (κ3) is 3.72. The van der Waals surface area contributed by atoms with Gasteiger partial charge in [-0.2, -0.15) is 4.98 Å². The summed E-state index contributed by atoms with van der Waals surface area (Å²) >= 11 is 6.28. The number of halogens is 1. The molecule has 7 nitrogen and oxygen atoms in total. The largest absolute Gasteiger partial charge is 0.396 e. The smallest absolute Gasteiger partial charge is 0.223 e. The van der Waals surface area contributed by atoms with Crippen LogP contribution in [0.25, 0.3) is 0 Å². The normalized spacial score (nSPS) is 16.1. The van der Waals surface area contributed by atoms with Crippen molar-refractivity contribution in [1.29, 1.82) is 0 Å². The molecule has 4 N–H and O–H groups in total. The minimum atomic E-state index is -0.145. The summed E-state index contributed by atoms with van der Waals surface area (Å²) in [4.78, 5) is 15.3. The highest BCUT2D eigenvalue weighted by molar-refractivity contribution is 6.30. The first-order chi connectivity index (χ1) is 12.9. The second-order valence-corrected chi connectivity index (χ2v) is 7.43. The molecule has 1 aliphatic rings. The van der Waals surface area contributed by atoms with E-state index in [-0.39, 0.29) is 25.1 Å². The number of aromatic nitrogens is 3. The molecule has 1 atom stereocenters. The minimum absolute atomic E-state index is 0.0297. The summed E-state index contributed by atoms with van der Waals surface area (Å²) in [5.41, 5.74) is 12.0. The van der Waals surface area contributed by atoms with Crippen molar-refractivity contribution in [2.45, 2.75) is 46.1 Å². The predicted octanol–water partition coefficient (Wildman–Crippen LogP) is 2.05. The van der Waals surface area contributed by atoms with Gasteiger partial charge in [0.1, 0.15) is 11.0 Å². The number of aliphatic hydroxyl groups excluding tert-OH is 2. The Hall–Kier alpha value is -1.96. The van der Waals surface area contributed by atoms with Gasteiger partial charge in [-0.15, -0.1) is 0 Å². The number of nitrogens with two attached hydrogens (primary N) is 1. The monoisotopic (exact) mass is 391 g/mol. The van der Waals surface area contributed by atoms with Gasteiger partial charge in [-0.25, -0.2) is 4.98 Å². The van der Waals surface area contributed by atoms with Crippen LogP contribution in [-0.4, -0.2) is 44.9 Å². The molecule has 1 unspecified atom stereocenters. The van der Waals surface area contributed by atoms with Crippen LogP contribution in [0.4, 0.5) is 11.8 Å². The molecule has 1 aliphatic heterocycles. The number of nitrogens with zero attached hydrogens (tertiary/aromatic N) is 4. The van der Waals surface area contributed by atoms with Crippen LogP contribution in [0.5, 0.6) is 0 Å². The highest BCUT2D eigenvalue weighted by Gasteiger charge is 2.33. The van der Waals surface area contributed by atoms with Crippen molar-refractivity contribution in [3.05, 3.63) is 38.8 Å². The molecular formula is C19H26ClN5O2. The molecule has 146 valence electrons. The van der Waals surface area contributed by atoms with E-state index in [4.69, 9.17) is 22.3 Å². The average molecular weight is 392 g/mol. The zero-order chi connectivity index (χ0) is 19.7. The molecular weight excluding hydrogens is 366 g/mol. The van der Waals surface area contributed by atoms with Gasteiger partial charge in [0.05, 0.1) is 6.61 Å². The van der Waals surface area contributed by atoms with Gasteiger partial charge in [0.2, 0.25) is 5.95 Å².